The van der Waals surface area contributed by atoms with Gasteiger partial charge in [0.1, 0.15) is 0 Å². The molecule has 1 amide bonds. The Kier molecular flexibility index (Phi) is 6.11. The Balaban J connectivity index is 1.58. The van der Waals surface area contributed by atoms with E-state index in [0.717, 1.165) is 11.3 Å². The molecule has 0 aliphatic rings. The average molecular weight is 382 g/mol. The first-order valence-electron chi connectivity index (χ1n) is 8.74. The van der Waals surface area contributed by atoms with Crippen LogP contribution in [0.15, 0.2) is 53.1 Å². The van der Waals surface area contributed by atoms with Crippen LogP contribution < -0.4 is 19.9 Å². The van der Waals surface area contributed by atoms with Crippen LogP contribution in [0, 0.1) is 0 Å². The summed E-state index contributed by atoms with van der Waals surface area (Å²) in [4.78, 5) is 16.5. The molecule has 8 heteroatoms. The molecule has 0 unspecified atom stereocenters. The zero-order valence-corrected chi connectivity index (χ0v) is 16.0. The normalized spacial score (nSPS) is 10.4. The Morgan fingerprint density at radius 1 is 1.11 bits per heavy atom. The minimum absolute atomic E-state index is 0.141. The summed E-state index contributed by atoms with van der Waals surface area (Å²) in [5.41, 5.74) is 4.44. The molecular weight excluding hydrogens is 360 g/mol. The fraction of sp³-hybridized carbons (Fsp3) is 0.250. The molecule has 0 fully saturated rings. The summed E-state index contributed by atoms with van der Waals surface area (Å²) in [6, 6.07) is 14.9. The zero-order chi connectivity index (χ0) is 19.9. The van der Waals surface area contributed by atoms with Gasteiger partial charge in [-0.05, 0) is 30.3 Å². The van der Waals surface area contributed by atoms with Crippen LogP contribution in [0.1, 0.15) is 12.3 Å². The van der Waals surface area contributed by atoms with Gasteiger partial charge in [-0.15, -0.1) is 0 Å². The predicted octanol–water partition coefficient (Wildman–Crippen LogP) is 2.85. The molecule has 0 spiro atoms. The van der Waals surface area contributed by atoms with Gasteiger partial charge < -0.3 is 14.0 Å². The fourth-order valence-electron chi connectivity index (χ4n) is 2.63. The number of hydrogen-bond acceptors (Lipinski definition) is 7. The summed E-state index contributed by atoms with van der Waals surface area (Å²) in [6.07, 6.45) is 0.569. The van der Waals surface area contributed by atoms with Gasteiger partial charge in [-0.25, -0.2) is 0 Å². The Labute approximate surface area is 163 Å². The summed E-state index contributed by atoms with van der Waals surface area (Å²) in [5, 5.41) is 5.65. The van der Waals surface area contributed by atoms with Crippen LogP contribution in [0.2, 0.25) is 0 Å². The van der Waals surface area contributed by atoms with E-state index in [9.17, 15) is 4.79 Å². The standard InChI is InChI=1S/C20H22N4O4/c1-24(15-7-5-4-6-8-15)22-18(25)11-12-19-21-20(23-28-19)14-9-10-16(26-2)17(13-14)27-3/h4-10,13H,11-12H2,1-3H3,(H,22,25). The lowest BCUT2D eigenvalue weighted by molar-refractivity contribution is -0.121. The lowest BCUT2D eigenvalue weighted by Crippen LogP contribution is -2.39. The van der Waals surface area contributed by atoms with E-state index in [1.165, 1.54) is 0 Å². The van der Waals surface area contributed by atoms with Gasteiger partial charge in [0.25, 0.3) is 0 Å². The van der Waals surface area contributed by atoms with Crippen molar-refractivity contribution in [3.05, 3.63) is 54.4 Å². The van der Waals surface area contributed by atoms with Crippen molar-refractivity contribution >= 4 is 11.6 Å². The van der Waals surface area contributed by atoms with Crippen LogP contribution in [0.5, 0.6) is 11.5 Å². The lowest BCUT2D eigenvalue weighted by Gasteiger charge is -2.19. The molecule has 1 N–H and O–H groups in total. The van der Waals surface area contributed by atoms with Crippen molar-refractivity contribution in [2.75, 3.05) is 26.3 Å². The number of benzene rings is 2. The number of ether oxygens (including phenoxy) is 2. The quantitative estimate of drug-likeness (QED) is 0.599. The van der Waals surface area contributed by atoms with Crippen molar-refractivity contribution in [2.45, 2.75) is 12.8 Å². The molecule has 0 aliphatic heterocycles. The molecule has 0 saturated carbocycles. The van der Waals surface area contributed by atoms with Crippen LogP contribution in [0.4, 0.5) is 5.69 Å². The van der Waals surface area contributed by atoms with Crippen molar-refractivity contribution in [3.63, 3.8) is 0 Å². The molecule has 3 rings (SSSR count). The molecule has 28 heavy (non-hydrogen) atoms. The molecule has 146 valence electrons. The van der Waals surface area contributed by atoms with Gasteiger partial charge in [0, 0.05) is 25.5 Å². The van der Waals surface area contributed by atoms with Crippen LogP contribution in [0.25, 0.3) is 11.4 Å². The molecule has 0 atom stereocenters. The number of hydrazine groups is 1. The van der Waals surface area contributed by atoms with Gasteiger partial charge in [0.2, 0.25) is 17.6 Å². The number of aryl methyl sites for hydroxylation is 1. The SMILES string of the molecule is COc1ccc(-c2noc(CCC(=O)NN(C)c3ccccc3)n2)cc1OC. The van der Waals surface area contributed by atoms with Crippen molar-refractivity contribution in [1.82, 2.24) is 15.6 Å². The van der Waals surface area contributed by atoms with Crippen LogP contribution in [0.3, 0.4) is 0 Å². The summed E-state index contributed by atoms with van der Waals surface area (Å²) in [7, 11) is 4.92. The monoisotopic (exact) mass is 382 g/mol. The minimum atomic E-state index is -0.141. The predicted molar refractivity (Wildman–Crippen MR) is 104 cm³/mol. The molecule has 0 radical (unpaired) electrons. The number of hydrogen-bond donors (Lipinski definition) is 1. The van der Waals surface area contributed by atoms with Crippen LogP contribution in [-0.2, 0) is 11.2 Å². The Morgan fingerprint density at radius 2 is 1.86 bits per heavy atom. The number of nitrogens with one attached hydrogen (secondary N) is 1. The topological polar surface area (TPSA) is 89.7 Å². The third-order valence-corrected chi connectivity index (χ3v) is 4.11. The van der Waals surface area contributed by atoms with Crippen LogP contribution in [-0.4, -0.2) is 37.3 Å². The second kappa shape index (κ2) is 8.90. The first-order chi connectivity index (χ1) is 13.6. The number of carbonyl (C=O) groups excluding carboxylic acids is 1. The van der Waals surface area contributed by atoms with Gasteiger partial charge in [0.15, 0.2) is 11.5 Å². The Morgan fingerprint density at radius 3 is 2.57 bits per heavy atom. The van der Waals surface area contributed by atoms with Crippen molar-refractivity contribution < 1.29 is 18.8 Å². The molecular formula is C20H22N4O4. The summed E-state index contributed by atoms with van der Waals surface area (Å²) < 4.78 is 15.8. The number of anilines is 1. The van der Waals surface area contributed by atoms with Crippen LogP contribution >= 0.6 is 0 Å². The average Bonchev–Trinajstić information content (AvgIpc) is 3.21. The Bertz CT molecular complexity index is 927. The molecule has 3 aromatic rings. The fourth-order valence-corrected chi connectivity index (χ4v) is 2.63. The number of methoxy groups -OCH3 is 2. The summed E-state index contributed by atoms with van der Waals surface area (Å²) in [5.74, 6) is 1.88. The summed E-state index contributed by atoms with van der Waals surface area (Å²) >= 11 is 0. The minimum Gasteiger partial charge on any atom is -0.493 e. The second-order valence-corrected chi connectivity index (χ2v) is 6.01. The first-order valence-corrected chi connectivity index (χ1v) is 8.74. The third kappa shape index (κ3) is 4.59. The van der Waals surface area contributed by atoms with Gasteiger partial charge in [0.05, 0.1) is 19.9 Å². The van der Waals surface area contributed by atoms with E-state index in [1.54, 1.807) is 38.4 Å². The maximum Gasteiger partial charge on any atom is 0.239 e. The lowest BCUT2D eigenvalue weighted by atomic mass is 10.2. The second-order valence-electron chi connectivity index (χ2n) is 6.01. The van der Waals surface area contributed by atoms with E-state index in [0.29, 0.717) is 29.6 Å². The highest BCUT2D eigenvalue weighted by molar-refractivity contribution is 5.77. The Hall–Kier alpha value is -3.55. The zero-order valence-electron chi connectivity index (χ0n) is 16.0. The highest BCUT2D eigenvalue weighted by Crippen LogP contribution is 2.31. The highest BCUT2D eigenvalue weighted by atomic mass is 16.5. The third-order valence-electron chi connectivity index (χ3n) is 4.11. The van der Waals surface area contributed by atoms with E-state index in [-0.39, 0.29) is 12.3 Å². The molecule has 1 heterocycles. The highest BCUT2D eigenvalue weighted by Gasteiger charge is 2.14. The molecule has 1 aromatic heterocycles. The smallest absolute Gasteiger partial charge is 0.239 e. The van der Waals surface area contributed by atoms with Gasteiger partial charge >= 0.3 is 0 Å². The number of nitrogens with zero attached hydrogens (tertiary/aromatic N) is 3. The van der Waals surface area contributed by atoms with E-state index in [1.807, 2.05) is 36.4 Å². The van der Waals surface area contributed by atoms with E-state index < -0.39 is 0 Å². The number of rotatable bonds is 8. The van der Waals surface area contributed by atoms with Gasteiger partial charge in [-0.1, -0.05) is 23.4 Å². The molecule has 0 bridgehead atoms. The summed E-state index contributed by atoms with van der Waals surface area (Å²) in [6.45, 7) is 0. The molecule has 0 aliphatic carbocycles. The molecule has 8 nitrogen and oxygen atoms in total. The number of amides is 1. The maximum atomic E-state index is 12.2. The number of aromatic nitrogens is 2. The van der Waals surface area contributed by atoms with Gasteiger partial charge in [-0.2, -0.15) is 4.98 Å². The van der Waals surface area contributed by atoms with E-state index in [2.05, 4.69) is 15.6 Å². The van der Waals surface area contributed by atoms with Crippen molar-refractivity contribution in [2.24, 2.45) is 0 Å². The van der Waals surface area contributed by atoms with E-state index in [4.69, 9.17) is 14.0 Å². The molecule has 2 aromatic carbocycles. The first kappa shape index (κ1) is 19.2. The van der Waals surface area contributed by atoms with Gasteiger partial charge in [-0.3, -0.25) is 15.2 Å². The van der Waals surface area contributed by atoms with Crippen molar-refractivity contribution in [3.8, 4) is 22.9 Å². The molecule has 0 saturated heterocycles. The maximum absolute atomic E-state index is 12.2. The van der Waals surface area contributed by atoms with E-state index >= 15 is 0 Å². The van der Waals surface area contributed by atoms with Crippen molar-refractivity contribution in [1.29, 1.82) is 0 Å². The largest absolute Gasteiger partial charge is 0.493 e. The number of para-hydroxylation sites is 1. The number of carbonyl (C=O) groups is 1.